The van der Waals surface area contributed by atoms with E-state index in [2.05, 4.69) is 15.5 Å². The van der Waals surface area contributed by atoms with Gasteiger partial charge in [0.05, 0.1) is 15.7 Å². The van der Waals surface area contributed by atoms with Crippen molar-refractivity contribution in [2.24, 2.45) is 0 Å². The Morgan fingerprint density at radius 1 is 1.04 bits per heavy atom. The molecule has 7 nitrogen and oxygen atoms in total. The molecule has 1 aromatic heterocycles. The van der Waals surface area contributed by atoms with Gasteiger partial charge in [-0.3, -0.25) is 0 Å². The van der Waals surface area contributed by atoms with Gasteiger partial charge in [-0.15, -0.1) is 5.10 Å². The van der Waals surface area contributed by atoms with Crippen molar-refractivity contribution < 1.29 is 12.6 Å². The van der Waals surface area contributed by atoms with Crippen LogP contribution in [0.5, 0.6) is 5.75 Å². The number of rotatable bonds is 4. The van der Waals surface area contributed by atoms with Crippen LogP contribution in [0, 0.1) is 0 Å². The molecule has 0 aliphatic rings. The normalized spacial score (nSPS) is 11.4. The zero-order chi connectivity index (χ0) is 16.4. The Kier molecular flexibility index (Phi) is 4.20. The van der Waals surface area contributed by atoms with Crippen molar-refractivity contribution in [3.63, 3.8) is 0 Å². The largest absolute Gasteiger partial charge is 0.379 e. The summed E-state index contributed by atoms with van der Waals surface area (Å²) in [6, 6.07) is 10.6. The van der Waals surface area contributed by atoms with Gasteiger partial charge in [0, 0.05) is 6.07 Å². The number of nitrogens with zero attached hydrogens (tertiary/aromatic N) is 4. The van der Waals surface area contributed by atoms with E-state index in [0.29, 0.717) is 5.69 Å². The fourth-order valence-corrected chi connectivity index (χ4v) is 3.87. The quantitative estimate of drug-likeness (QED) is 0.656. The maximum atomic E-state index is 12.4. The minimum absolute atomic E-state index is 0.0193. The lowest BCUT2D eigenvalue weighted by molar-refractivity contribution is 0.486. The predicted octanol–water partition coefficient (Wildman–Crippen LogP) is 2.74. The van der Waals surface area contributed by atoms with E-state index in [9.17, 15) is 8.42 Å². The van der Waals surface area contributed by atoms with Crippen molar-refractivity contribution >= 4 is 33.3 Å². The van der Waals surface area contributed by atoms with Gasteiger partial charge < -0.3 is 4.18 Å². The summed E-state index contributed by atoms with van der Waals surface area (Å²) in [5.41, 5.74) is 0.535. The number of halogens is 2. The van der Waals surface area contributed by atoms with Crippen molar-refractivity contribution in [2.75, 3.05) is 0 Å². The Morgan fingerprint density at radius 2 is 1.74 bits per heavy atom. The molecule has 0 N–H and O–H groups in total. The third-order valence-corrected chi connectivity index (χ3v) is 5.01. The van der Waals surface area contributed by atoms with E-state index in [0.717, 1.165) is 0 Å². The molecule has 0 unspecified atom stereocenters. The smallest absolute Gasteiger partial charge is 0.342 e. The molecule has 0 amide bonds. The third-order valence-electron chi connectivity index (χ3n) is 2.81. The van der Waals surface area contributed by atoms with Gasteiger partial charge in [-0.25, -0.2) is 4.68 Å². The molecule has 0 saturated heterocycles. The molecule has 0 spiro atoms. The minimum atomic E-state index is -4.19. The second-order valence-corrected chi connectivity index (χ2v) is 6.64. The first kappa shape index (κ1) is 15.7. The van der Waals surface area contributed by atoms with Crippen molar-refractivity contribution in [3.8, 4) is 11.4 Å². The summed E-state index contributed by atoms with van der Waals surface area (Å²) in [7, 11) is -4.19. The average molecular weight is 371 g/mol. The number of aromatic nitrogens is 4. The topological polar surface area (TPSA) is 87.0 Å². The first-order chi connectivity index (χ1) is 11.0. The van der Waals surface area contributed by atoms with Gasteiger partial charge in [0.25, 0.3) is 0 Å². The average Bonchev–Trinajstić information content (AvgIpc) is 3.00. The van der Waals surface area contributed by atoms with E-state index >= 15 is 0 Å². The summed E-state index contributed by atoms with van der Waals surface area (Å²) in [4.78, 5) is -0.281. The van der Waals surface area contributed by atoms with Crippen LogP contribution in [0.1, 0.15) is 0 Å². The van der Waals surface area contributed by atoms with Crippen LogP contribution in [0.4, 0.5) is 0 Å². The number of hydrogen-bond acceptors (Lipinski definition) is 6. The molecule has 0 aliphatic heterocycles. The summed E-state index contributed by atoms with van der Waals surface area (Å²) >= 11 is 11.8. The molecule has 3 rings (SSSR count). The van der Waals surface area contributed by atoms with Gasteiger partial charge >= 0.3 is 10.1 Å². The molecule has 118 valence electrons. The van der Waals surface area contributed by atoms with Crippen LogP contribution in [-0.2, 0) is 10.1 Å². The van der Waals surface area contributed by atoms with Gasteiger partial charge in [-0.2, -0.15) is 8.42 Å². The highest BCUT2D eigenvalue weighted by Gasteiger charge is 2.24. The minimum Gasteiger partial charge on any atom is -0.379 e. The highest BCUT2D eigenvalue weighted by Crippen LogP contribution is 2.31. The first-order valence-corrected chi connectivity index (χ1v) is 8.36. The van der Waals surface area contributed by atoms with E-state index in [1.165, 1.54) is 35.3 Å². The van der Waals surface area contributed by atoms with Crippen LogP contribution < -0.4 is 4.18 Å². The Labute approximate surface area is 141 Å². The van der Waals surface area contributed by atoms with Crippen molar-refractivity contribution in [3.05, 3.63) is 58.8 Å². The van der Waals surface area contributed by atoms with Crippen LogP contribution >= 0.6 is 23.2 Å². The second kappa shape index (κ2) is 6.15. The van der Waals surface area contributed by atoms with Gasteiger partial charge in [0.1, 0.15) is 17.0 Å². The molecule has 3 aromatic rings. The molecule has 0 atom stereocenters. The molecule has 10 heteroatoms. The summed E-state index contributed by atoms with van der Waals surface area (Å²) in [5, 5.41) is 10.7. The highest BCUT2D eigenvalue weighted by atomic mass is 35.5. The highest BCUT2D eigenvalue weighted by molar-refractivity contribution is 7.87. The molecular formula is C13H8Cl2N4O3S. The standard InChI is InChI=1S/C13H8Cl2N4O3S/c14-11-5-2-6-12(15)13(11)23(20,21)22-10-4-1-3-9(7-10)19-8-16-17-18-19/h1-8H. The van der Waals surface area contributed by atoms with E-state index < -0.39 is 10.1 Å². The molecule has 0 aliphatic carbocycles. The molecule has 1 heterocycles. The Bertz CT molecular complexity index is 925. The molecule has 0 saturated carbocycles. The molecular weight excluding hydrogens is 363 g/mol. The van der Waals surface area contributed by atoms with Crippen molar-refractivity contribution in [1.82, 2.24) is 20.2 Å². The van der Waals surface area contributed by atoms with Crippen LogP contribution in [0.2, 0.25) is 10.0 Å². The van der Waals surface area contributed by atoms with E-state index in [-0.39, 0.29) is 20.7 Å². The molecule has 0 fully saturated rings. The zero-order valence-electron chi connectivity index (χ0n) is 11.3. The summed E-state index contributed by atoms with van der Waals surface area (Å²) < 4.78 is 31.3. The third kappa shape index (κ3) is 3.29. The number of tetrazole rings is 1. The molecule has 0 radical (unpaired) electrons. The van der Waals surface area contributed by atoms with Gasteiger partial charge in [-0.05, 0) is 34.7 Å². The van der Waals surface area contributed by atoms with Gasteiger partial charge in [-0.1, -0.05) is 35.3 Å². The van der Waals surface area contributed by atoms with Crippen molar-refractivity contribution in [1.29, 1.82) is 0 Å². The first-order valence-electron chi connectivity index (χ1n) is 6.19. The van der Waals surface area contributed by atoms with Crippen LogP contribution in [0.15, 0.2) is 53.7 Å². The summed E-state index contributed by atoms with van der Waals surface area (Å²) in [6.07, 6.45) is 1.37. The maximum absolute atomic E-state index is 12.4. The van der Waals surface area contributed by atoms with E-state index in [1.54, 1.807) is 18.2 Å². The van der Waals surface area contributed by atoms with Gasteiger partial charge in [0.2, 0.25) is 0 Å². The van der Waals surface area contributed by atoms with Crippen LogP contribution in [0.25, 0.3) is 5.69 Å². The fourth-order valence-electron chi connectivity index (χ4n) is 1.85. The lowest BCUT2D eigenvalue weighted by Gasteiger charge is -2.10. The molecule has 23 heavy (non-hydrogen) atoms. The Balaban J connectivity index is 1.97. The Hall–Kier alpha value is -2.16. The molecule has 2 aromatic carbocycles. The molecule has 0 bridgehead atoms. The number of hydrogen-bond donors (Lipinski definition) is 0. The second-order valence-electron chi connectivity index (χ2n) is 4.34. The van der Waals surface area contributed by atoms with E-state index in [4.69, 9.17) is 27.4 Å². The monoisotopic (exact) mass is 370 g/mol. The Morgan fingerprint density at radius 3 is 2.39 bits per heavy atom. The summed E-state index contributed by atoms with van der Waals surface area (Å²) in [5.74, 6) is 0.0778. The van der Waals surface area contributed by atoms with Crippen LogP contribution in [0.3, 0.4) is 0 Å². The van der Waals surface area contributed by atoms with E-state index in [1.807, 2.05) is 0 Å². The predicted molar refractivity (Wildman–Crippen MR) is 83.4 cm³/mol. The van der Waals surface area contributed by atoms with Gasteiger partial charge in [0.15, 0.2) is 0 Å². The lowest BCUT2D eigenvalue weighted by atomic mass is 10.3. The van der Waals surface area contributed by atoms with Crippen LogP contribution in [-0.4, -0.2) is 28.6 Å². The lowest BCUT2D eigenvalue weighted by Crippen LogP contribution is -2.11. The van der Waals surface area contributed by atoms with Crippen molar-refractivity contribution in [2.45, 2.75) is 4.90 Å². The number of benzene rings is 2. The summed E-state index contributed by atoms with van der Waals surface area (Å²) in [6.45, 7) is 0. The SMILES string of the molecule is O=S(=O)(Oc1cccc(-n2cnnn2)c1)c1c(Cl)cccc1Cl. The zero-order valence-corrected chi connectivity index (χ0v) is 13.6. The fraction of sp³-hybridized carbons (Fsp3) is 0. The maximum Gasteiger partial charge on any atom is 0.342 e.